The van der Waals surface area contributed by atoms with Crippen LogP contribution in [0.5, 0.6) is 5.75 Å². The molecule has 1 aliphatic heterocycles. The third-order valence-electron chi connectivity index (χ3n) is 6.28. The van der Waals surface area contributed by atoms with Gasteiger partial charge in [0, 0.05) is 42.0 Å². The molecule has 1 saturated carbocycles. The largest absolute Gasteiger partial charge is 0.497 e. The van der Waals surface area contributed by atoms with Gasteiger partial charge < -0.3 is 25.6 Å². The van der Waals surface area contributed by atoms with E-state index in [1.807, 2.05) is 12.1 Å². The summed E-state index contributed by atoms with van der Waals surface area (Å²) in [4.78, 5) is 39.4. The lowest BCUT2D eigenvalue weighted by molar-refractivity contribution is -0.118. The van der Waals surface area contributed by atoms with Crippen molar-refractivity contribution in [2.75, 3.05) is 31.6 Å². The third kappa shape index (κ3) is 5.51. The molecule has 1 aliphatic carbocycles. The molecule has 174 valence electrons. The first-order valence-corrected chi connectivity index (χ1v) is 11.4. The second-order valence-electron chi connectivity index (χ2n) is 8.44. The van der Waals surface area contributed by atoms with Crippen LogP contribution >= 0.6 is 0 Å². The molecule has 8 nitrogen and oxygen atoms in total. The Morgan fingerprint density at radius 3 is 1.97 bits per heavy atom. The summed E-state index contributed by atoms with van der Waals surface area (Å²) >= 11 is 0. The summed E-state index contributed by atoms with van der Waals surface area (Å²) < 4.78 is 5.15. The average molecular weight is 451 g/mol. The van der Waals surface area contributed by atoms with Gasteiger partial charge in [0.2, 0.25) is 5.91 Å². The van der Waals surface area contributed by atoms with Crippen LogP contribution in [0.3, 0.4) is 0 Å². The number of hydrogen-bond donors (Lipinski definition) is 3. The van der Waals surface area contributed by atoms with Crippen molar-refractivity contribution in [1.29, 1.82) is 0 Å². The first-order chi connectivity index (χ1) is 16.0. The van der Waals surface area contributed by atoms with Crippen molar-refractivity contribution in [2.45, 2.75) is 37.8 Å². The summed E-state index contributed by atoms with van der Waals surface area (Å²) in [5.74, 6) is 0.385. The molecule has 0 bridgehead atoms. The number of amides is 3. The van der Waals surface area contributed by atoms with E-state index in [9.17, 15) is 14.4 Å². The molecule has 4 rings (SSSR count). The molecule has 0 radical (unpaired) electrons. The minimum Gasteiger partial charge on any atom is -0.497 e. The monoisotopic (exact) mass is 450 g/mol. The first-order valence-electron chi connectivity index (χ1n) is 11.4. The number of rotatable bonds is 6. The van der Waals surface area contributed by atoms with Gasteiger partial charge in [-0.2, -0.15) is 0 Å². The van der Waals surface area contributed by atoms with Crippen LogP contribution in [-0.4, -0.2) is 56.5 Å². The Hall–Kier alpha value is -3.39. The van der Waals surface area contributed by atoms with Crippen LogP contribution in [0.25, 0.3) is 0 Å². The number of benzene rings is 2. The molecule has 3 N–H and O–H groups in total. The molecule has 1 heterocycles. The molecule has 1 saturated heterocycles. The third-order valence-corrected chi connectivity index (χ3v) is 6.28. The van der Waals surface area contributed by atoms with Crippen LogP contribution < -0.4 is 25.6 Å². The number of carbonyl (C=O) groups is 3. The molecule has 33 heavy (non-hydrogen) atoms. The highest BCUT2D eigenvalue weighted by Crippen LogP contribution is 2.21. The lowest BCUT2D eigenvalue weighted by atomic mass is 9.89. The lowest BCUT2D eigenvalue weighted by Gasteiger charge is -2.33. The van der Waals surface area contributed by atoms with E-state index in [4.69, 9.17) is 4.74 Å². The number of carbonyl (C=O) groups excluding carboxylic acids is 3. The fraction of sp³-hybridized carbons (Fsp3) is 0.400. The van der Waals surface area contributed by atoms with Crippen LogP contribution in [0.4, 0.5) is 5.69 Å². The van der Waals surface area contributed by atoms with Crippen molar-refractivity contribution >= 4 is 23.4 Å². The van der Waals surface area contributed by atoms with E-state index in [-0.39, 0.29) is 29.8 Å². The summed E-state index contributed by atoms with van der Waals surface area (Å²) in [5, 5.41) is 9.25. The zero-order chi connectivity index (χ0) is 23.2. The SMILES string of the molecule is COc1ccc(C(=O)NC2CCCCC2NC(=O)c2ccc(N3CCNCC3=O)cc2)cc1. The van der Waals surface area contributed by atoms with Crippen LogP contribution in [0, 0.1) is 0 Å². The van der Waals surface area contributed by atoms with E-state index in [1.165, 1.54) is 0 Å². The van der Waals surface area contributed by atoms with Crippen LogP contribution in [-0.2, 0) is 4.79 Å². The number of methoxy groups -OCH3 is 1. The number of nitrogens with one attached hydrogen (secondary N) is 3. The van der Waals surface area contributed by atoms with Gasteiger partial charge in [-0.1, -0.05) is 12.8 Å². The van der Waals surface area contributed by atoms with Gasteiger partial charge in [0.1, 0.15) is 5.75 Å². The van der Waals surface area contributed by atoms with Gasteiger partial charge in [-0.25, -0.2) is 0 Å². The van der Waals surface area contributed by atoms with Crippen LogP contribution in [0.1, 0.15) is 46.4 Å². The minimum absolute atomic E-state index is 0.0242. The second kappa shape index (κ2) is 10.5. The molecule has 2 aromatic carbocycles. The highest BCUT2D eigenvalue weighted by atomic mass is 16.5. The van der Waals surface area contributed by atoms with E-state index >= 15 is 0 Å². The van der Waals surface area contributed by atoms with Crippen LogP contribution in [0.15, 0.2) is 48.5 Å². The Bertz CT molecular complexity index is 990. The smallest absolute Gasteiger partial charge is 0.251 e. The minimum atomic E-state index is -0.177. The van der Waals surface area contributed by atoms with Gasteiger partial charge in [0.05, 0.1) is 13.7 Å². The van der Waals surface area contributed by atoms with Crippen molar-refractivity contribution in [3.05, 3.63) is 59.7 Å². The lowest BCUT2D eigenvalue weighted by Crippen LogP contribution is -2.53. The van der Waals surface area contributed by atoms with Gasteiger partial charge in [0.25, 0.3) is 11.8 Å². The maximum atomic E-state index is 12.9. The van der Waals surface area contributed by atoms with Crippen molar-refractivity contribution in [2.24, 2.45) is 0 Å². The zero-order valence-electron chi connectivity index (χ0n) is 18.8. The van der Waals surface area contributed by atoms with E-state index < -0.39 is 0 Å². The molecule has 2 atom stereocenters. The predicted octanol–water partition coefficient (Wildman–Crippen LogP) is 2.10. The Morgan fingerprint density at radius 2 is 1.45 bits per heavy atom. The number of nitrogens with zero attached hydrogens (tertiary/aromatic N) is 1. The fourth-order valence-corrected chi connectivity index (χ4v) is 4.39. The highest BCUT2D eigenvalue weighted by molar-refractivity contribution is 5.98. The maximum absolute atomic E-state index is 12.9. The maximum Gasteiger partial charge on any atom is 0.251 e. The Kier molecular flexibility index (Phi) is 7.24. The molecular weight excluding hydrogens is 420 g/mol. The van der Waals surface area contributed by atoms with Crippen LogP contribution in [0.2, 0.25) is 0 Å². The average Bonchev–Trinajstić information content (AvgIpc) is 2.85. The molecule has 2 fully saturated rings. The molecule has 2 aliphatic rings. The number of hydrogen-bond acceptors (Lipinski definition) is 5. The van der Waals surface area contributed by atoms with E-state index in [0.717, 1.165) is 37.9 Å². The number of ether oxygens (including phenoxy) is 1. The molecule has 0 aromatic heterocycles. The fourth-order valence-electron chi connectivity index (χ4n) is 4.39. The first kappa shape index (κ1) is 22.8. The summed E-state index contributed by atoms with van der Waals surface area (Å²) in [5.41, 5.74) is 1.89. The van der Waals surface area contributed by atoms with Gasteiger partial charge in [-0.15, -0.1) is 0 Å². The predicted molar refractivity (Wildman–Crippen MR) is 126 cm³/mol. The Morgan fingerprint density at radius 1 is 0.909 bits per heavy atom. The van der Waals surface area contributed by atoms with Gasteiger partial charge in [-0.05, 0) is 61.4 Å². The standard InChI is InChI=1S/C25H30N4O4/c1-33-20-12-8-18(9-13-20)25(32)28-22-5-3-2-4-21(22)27-24(31)17-6-10-19(11-7-17)29-15-14-26-16-23(29)30/h6-13,21-22,26H,2-5,14-16H2,1H3,(H,27,31)(H,28,32). The summed E-state index contributed by atoms with van der Waals surface area (Å²) in [6.07, 6.45) is 3.64. The Balaban J connectivity index is 1.38. The van der Waals surface area contributed by atoms with E-state index in [2.05, 4.69) is 16.0 Å². The zero-order valence-corrected chi connectivity index (χ0v) is 18.8. The molecule has 0 spiro atoms. The van der Waals surface area contributed by atoms with Gasteiger partial charge in [-0.3, -0.25) is 14.4 Å². The Labute approximate surface area is 193 Å². The number of piperazine rings is 1. The molecule has 3 amide bonds. The van der Waals surface area contributed by atoms with Crippen molar-refractivity contribution in [1.82, 2.24) is 16.0 Å². The van der Waals surface area contributed by atoms with E-state index in [1.54, 1.807) is 48.4 Å². The van der Waals surface area contributed by atoms with Gasteiger partial charge >= 0.3 is 0 Å². The topological polar surface area (TPSA) is 99.8 Å². The summed E-state index contributed by atoms with van der Waals surface area (Å²) in [7, 11) is 1.59. The summed E-state index contributed by atoms with van der Waals surface area (Å²) in [6.45, 7) is 1.69. The van der Waals surface area contributed by atoms with E-state index in [0.29, 0.717) is 30.0 Å². The quantitative estimate of drug-likeness (QED) is 0.626. The normalized spacial score (nSPS) is 20.8. The van der Waals surface area contributed by atoms with Crippen molar-refractivity contribution in [3.63, 3.8) is 0 Å². The molecule has 2 unspecified atom stereocenters. The van der Waals surface area contributed by atoms with Crippen molar-refractivity contribution < 1.29 is 19.1 Å². The van der Waals surface area contributed by atoms with Crippen molar-refractivity contribution in [3.8, 4) is 5.75 Å². The molecule has 2 aromatic rings. The number of anilines is 1. The second-order valence-corrected chi connectivity index (χ2v) is 8.44. The molecule has 8 heteroatoms. The summed E-state index contributed by atoms with van der Waals surface area (Å²) in [6, 6.07) is 13.8. The molecular formula is C25H30N4O4. The van der Waals surface area contributed by atoms with Gasteiger partial charge in [0.15, 0.2) is 0 Å². The highest BCUT2D eigenvalue weighted by Gasteiger charge is 2.28.